The molecule has 0 aliphatic carbocycles. The monoisotopic (exact) mass is 289 g/mol. The average molecular weight is 289 g/mol. The van der Waals surface area contributed by atoms with E-state index in [-0.39, 0.29) is 0 Å². The van der Waals surface area contributed by atoms with Crippen LogP contribution in [0.25, 0.3) is 0 Å². The largest absolute Gasteiger partial charge is 0.465 e. The predicted octanol–water partition coefficient (Wildman–Crippen LogP) is 4.52. The third kappa shape index (κ3) is 4.48. The van der Waals surface area contributed by atoms with Crippen molar-refractivity contribution in [2.45, 2.75) is 51.9 Å². The Bertz CT molecular complexity index is 447. The van der Waals surface area contributed by atoms with Gasteiger partial charge in [0, 0.05) is 13.1 Å². The lowest BCUT2D eigenvalue weighted by molar-refractivity contribution is 0.123. The van der Waals surface area contributed by atoms with Gasteiger partial charge in [-0.2, -0.15) is 0 Å². The van der Waals surface area contributed by atoms with Crippen LogP contribution in [0.5, 0.6) is 0 Å². The standard InChI is InChI=1S/C18H27NO2/c1-3-14(2)17-8-6-15(7-9-17)4-5-16-10-12-19(13-11-16)18(20)21/h6-9,14,16H,3-5,10-13H2,1-2H3,(H,20,21). The lowest BCUT2D eigenvalue weighted by atomic mass is 9.90. The van der Waals surface area contributed by atoms with Crippen LogP contribution in [0, 0.1) is 5.92 Å². The van der Waals surface area contributed by atoms with Crippen molar-refractivity contribution in [3.05, 3.63) is 35.4 Å². The van der Waals surface area contributed by atoms with Crippen molar-refractivity contribution in [3.63, 3.8) is 0 Å². The molecule has 1 unspecified atom stereocenters. The van der Waals surface area contributed by atoms with Crippen LogP contribution in [-0.4, -0.2) is 29.2 Å². The van der Waals surface area contributed by atoms with E-state index in [1.54, 1.807) is 0 Å². The number of carboxylic acid groups (broad SMARTS) is 1. The van der Waals surface area contributed by atoms with Crippen molar-refractivity contribution in [3.8, 4) is 0 Å². The Kier molecular flexibility index (Phi) is 5.66. The van der Waals surface area contributed by atoms with Crippen molar-refractivity contribution < 1.29 is 9.90 Å². The summed E-state index contributed by atoms with van der Waals surface area (Å²) in [6.07, 6.45) is 4.72. The number of carbonyl (C=O) groups is 1. The van der Waals surface area contributed by atoms with Gasteiger partial charge in [-0.05, 0) is 55.1 Å². The summed E-state index contributed by atoms with van der Waals surface area (Å²) in [5.41, 5.74) is 2.83. The van der Waals surface area contributed by atoms with Crippen LogP contribution in [-0.2, 0) is 6.42 Å². The van der Waals surface area contributed by atoms with E-state index < -0.39 is 6.09 Å². The Morgan fingerprint density at radius 2 is 1.90 bits per heavy atom. The molecule has 1 heterocycles. The second-order valence-electron chi connectivity index (χ2n) is 6.30. The molecule has 1 aromatic carbocycles. The highest BCUT2D eigenvalue weighted by atomic mass is 16.4. The van der Waals surface area contributed by atoms with Gasteiger partial charge in [-0.15, -0.1) is 0 Å². The Balaban J connectivity index is 1.77. The number of hydrogen-bond acceptors (Lipinski definition) is 1. The van der Waals surface area contributed by atoms with E-state index in [1.807, 2.05) is 0 Å². The Labute approximate surface area is 128 Å². The molecule has 1 atom stereocenters. The third-order valence-electron chi connectivity index (χ3n) is 4.89. The third-order valence-corrected chi connectivity index (χ3v) is 4.89. The van der Waals surface area contributed by atoms with Crippen molar-refractivity contribution in [1.29, 1.82) is 0 Å². The lowest BCUT2D eigenvalue weighted by Gasteiger charge is -2.30. The number of nitrogens with zero attached hydrogens (tertiary/aromatic N) is 1. The minimum atomic E-state index is -0.769. The van der Waals surface area contributed by atoms with Gasteiger partial charge < -0.3 is 10.0 Å². The number of amides is 1. The molecule has 116 valence electrons. The summed E-state index contributed by atoms with van der Waals surface area (Å²) in [5.74, 6) is 1.31. The van der Waals surface area contributed by atoms with Gasteiger partial charge in [0.1, 0.15) is 0 Å². The molecule has 21 heavy (non-hydrogen) atoms. The molecule has 1 aromatic rings. The highest BCUT2D eigenvalue weighted by Gasteiger charge is 2.21. The molecule has 2 rings (SSSR count). The first-order valence-electron chi connectivity index (χ1n) is 8.16. The van der Waals surface area contributed by atoms with Crippen molar-refractivity contribution in [2.75, 3.05) is 13.1 Å². The van der Waals surface area contributed by atoms with E-state index in [4.69, 9.17) is 5.11 Å². The summed E-state index contributed by atoms with van der Waals surface area (Å²) in [7, 11) is 0. The fraction of sp³-hybridized carbons (Fsp3) is 0.611. The topological polar surface area (TPSA) is 40.5 Å². The smallest absolute Gasteiger partial charge is 0.407 e. The second-order valence-corrected chi connectivity index (χ2v) is 6.30. The highest BCUT2D eigenvalue weighted by molar-refractivity contribution is 5.64. The zero-order valence-electron chi connectivity index (χ0n) is 13.2. The van der Waals surface area contributed by atoms with E-state index >= 15 is 0 Å². The predicted molar refractivity (Wildman–Crippen MR) is 85.8 cm³/mol. The summed E-state index contributed by atoms with van der Waals surface area (Å²) in [5, 5.41) is 8.95. The number of likely N-dealkylation sites (tertiary alicyclic amines) is 1. The maximum atomic E-state index is 10.9. The first-order valence-corrected chi connectivity index (χ1v) is 8.16. The fourth-order valence-corrected chi connectivity index (χ4v) is 3.03. The highest BCUT2D eigenvalue weighted by Crippen LogP contribution is 2.24. The molecule has 0 saturated carbocycles. The zero-order valence-corrected chi connectivity index (χ0v) is 13.2. The first kappa shape index (κ1) is 15.9. The van der Waals surface area contributed by atoms with Crippen LogP contribution in [0.3, 0.4) is 0 Å². The number of piperidine rings is 1. The van der Waals surface area contributed by atoms with E-state index in [0.717, 1.165) is 19.3 Å². The van der Waals surface area contributed by atoms with Gasteiger partial charge in [-0.1, -0.05) is 38.1 Å². The molecular weight excluding hydrogens is 262 g/mol. The molecule has 1 fully saturated rings. The van der Waals surface area contributed by atoms with Crippen molar-refractivity contribution in [1.82, 2.24) is 4.90 Å². The van der Waals surface area contributed by atoms with Gasteiger partial charge in [0.25, 0.3) is 0 Å². The minimum Gasteiger partial charge on any atom is -0.465 e. The van der Waals surface area contributed by atoms with Gasteiger partial charge in [-0.3, -0.25) is 0 Å². The Morgan fingerprint density at radius 1 is 1.29 bits per heavy atom. The maximum absolute atomic E-state index is 10.9. The van der Waals surface area contributed by atoms with Crippen LogP contribution >= 0.6 is 0 Å². The molecular formula is C18H27NO2. The number of aryl methyl sites for hydroxylation is 1. The fourth-order valence-electron chi connectivity index (χ4n) is 3.03. The minimum absolute atomic E-state index is 0.638. The van der Waals surface area contributed by atoms with Crippen LogP contribution < -0.4 is 0 Å². The summed E-state index contributed by atoms with van der Waals surface area (Å²) >= 11 is 0. The van der Waals surface area contributed by atoms with E-state index in [2.05, 4.69) is 38.1 Å². The van der Waals surface area contributed by atoms with E-state index in [0.29, 0.717) is 24.9 Å². The summed E-state index contributed by atoms with van der Waals surface area (Å²) in [6, 6.07) is 9.04. The van der Waals surface area contributed by atoms with Gasteiger partial charge >= 0.3 is 6.09 Å². The molecule has 0 aromatic heterocycles. The SMILES string of the molecule is CCC(C)c1ccc(CCC2CCN(C(=O)O)CC2)cc1. The van der Waals surface area contributed by atoms with Gasteiger partial charge in [0.2, 0.25) is 0 Å². The Morgan fingerprint density at radius 3 is 2.43 bits per heavy atom. The van der Waals surface area contributed by atoms with Crippen LogP contribution in [0.15, 0.2) is 24.3 Å². The second kappa shape index (κ2) is 7.48. The Hall–Kier alpha value is -1.51. The molecule has 1 aliphatic heterocycles. The number of hydrogen-bond donors (Lipinski definition) is 1. The van der Waals surface area contributed by atoms with Gasteiger partial charge in [-0.25, -0.2) is 4.79 Å². The molecule has 1 N–H and O–H groups in total. The normalized spacial score (nSPS) is 17.7. The molecule has 1 aliphatic rings. The summed E-state index contributed by atoms with van der Waals surface area (Å²) in [6.45, 7) is 5.90. The van der Waals surface area contributed by atoms with E-state index in [1.165, 1.54) is 28.9 Å². The molecule has 0 radical (unpaired) electrons. The van der Waals surface area contributed by atoms with Crippen LogP contribution in [0.2, 0.25) is 0 Å². The summed E-state index contributed by atoms with van der Waals surface area (Å²) in [4.78, 5) is 12.4. The zero-order chi connectivity index (χ0) is 15.2. The lowest BCUT2D eigenvalue weighted by Crippen LogP contribution is -2.37. The van der Waals surface area contributed by atoms with Crippen molar-refractivity contribution in [2.24, 2.45) is 5.92 Å². The molecule has 1 saturated heterocycles. The first-order chi connectivity index (χ1) is 10.1. The molecule has 1 amide bonds. The molecule has 3 heteroatoms. The number of benzene rings is 1. The van der Waals surface area contributed by atoms with E-state index in [9.17, 15) is 4.79 Å². The average Bonchev–Trinajstić information content (AvgIpc) is 2.53. The molecule has 3 nitrogen and oxygen atoms in total. The van der Waals surface area contributed by atoms with Gasteiger partial charge in [0.05, 0.1) is 0 Å². The summed E-state index contributed by atoms with van der Waals surface area (Å²) < 4.78 is 0. The molecule has 0 bridgehead atoms. The number of rotatable bonds is 5. The maximum Gasteiger partial charge on any atom is 0.407 e. The van der Waals surface area contributed by atoms with Crippen molar-refractivity contribution >= 4 is 6.09 Å². The van der Waals surface area contributed by atoms with Gasteiger partial charge in [0.15, 0.2) is 0 Å². The van der Waals surface area contributed by atoms with Crippen LogP contribution in [0.1, 0.15) is 56.6 Å². The van der Waals surface area contributed by atoms with Crippen LogP contribution in [0.4, 0.5) is 4.79 Å². The quantitative estimate of drug-likeness (QED) is 0.865. The molecule has 0 spiro atoms.